The molecule has 0 spiro atoms. The maximum Gasteiger partial charge on any atom is 0.326 e. The van der Waals surface area contributed by atoms with Crippen LogP contribution in [0, 0.1) is 0 Å². The lowest BCUT2D eigenvalue weighted by molar-refractivity contribution is -0.143. The number of aliphatic hydroxyl groups excluding tert-OH is 1. The van der Waals surface area contributed by atoms with Crippen molar-refractivity contribution in [3.63, 3.8) is 0 Å². The molecular weight excluding hydrogens is 440 g/mol. The fourth-order valence-electron chi connectivity index (χ4n) is 2.68. The second-order valence-corrected chi connectivity index (χ2v) is 7.44. The fraction of sp³-hybridized carbons (Fsp3) is 0.450. The van der Waals surface area contributed by atoms with Crippen LogP contribution in [0.5, 0.6) is 5.75 Å². The van der Waals surface area contributed by atoms with Gasteiger partial charge in [0.1, 0.15) is 23.9 Å². The molecular formula is C20H28N4O9. The predicted molar refractivity (Wildman–Crippen MR) is 113 cm³/mol. The molecule has 3 amide bonds. The van der Waals surface area contributed by atoms with Crippen molar-refractivity contribution in [2.45, 2.75) is 57.0 Å². The summed E-state index contributed by atoms with van der Waals surface area (Å²) in [6.45, 7) is 2.53. The number of carboxylic acids is 2. The van der Waals surface area contributed by atoms with E-state index in [9.17, 15) is 39.3 Å². The molecule has 0 aromatic heterocycles. The van der Waals surface area contributed by atoms with Gasteiger partial charge < -0.3 is 42.1 Å². The number of aliphatic hydroxyl groups is 1. The molecule has 1 rings (SSSR count). The number of aromatic hydroxyl groups is 1. The van der Waals surface area contributed by atoms with Crippen LogP contribution in [0.1, 0.15) is 25.8 Å². The number of phenols is 1. The normalized spacial score (nSPS) is 15.3. The van der Waals surface area contributed by atoms with Gasteiger partial charge in [-0.3, -0.25) is 19.2 Å². The Bertz CT molecular complexity index is 871. The van der Waals surface area contributed by atoms with Crippen molar-refractivity contribution in [2.24, 2.45) is 5.73 Å². The Morgan fingerprint density at radius 3 is 1.88 bits per heavy atom. The Hall–Kier alpha value is -3.71. The van der Waals surface area contributed by atoms with Crippen LogP contribution >= 0.6 is 0 Å². The van der Waals surface area contributed by atoms with Gasteiger partial charge in [-0.2, -0.15) is 0 Å². The van der Waals surface area contributed by atoms with Crippen molar-refractivity contribution >= 4 is 29.7 Å². The summed E-state index contributed by atoms with van der Waals surface area (Å²) in [7, 11) is 0. The molecule has 182 valence electrons. The molecule has 13 nitrogen and oxygen atoms in total. The molecule has 0 radical (unpaired) electrons. The standard InChI is InChI=1S/C20H28N4O9/c1-9(21)17(29)24-16(10(2)25)19(31)22-13(8-15(27)28)18(30)23-14(20(32)33)7-11-3-5-12(26)6-4-11/h3-6,9-10,13-14,16,25-26H,7-8,21H2,1-2H3,(H,22,31)(H,23,30)(H,24,29)(H,27,28)(H,32,33). The highest BCUT2D eigenvalue weighted by molar-refractivity contribution is 5.95. The zero-order valence-electron chi connectivity index (χ0n) is 18.0. The van der Waals surface area contributed by atoms with Crippen LogP contribution in [-0.2, 0) is 30.4 Å². The molecule has 0 aliphatic rings. The van der Waals surface area contributed by atoms with E-state index in [0.29, 0.717) is 5.56 Å². The zero-order chi connectivity index (χ0) is 25.3. The van der Waals surface area contributed by atoms with Crippen molar-refractivity contribution in [3.8, 4) is 5.75 Å². The van der Waals surface area contributed by atoms with Gasteiger partial charge >= 0.3 is 11.9 Å². The highest BCUT2D eigenvalue weighted by atomic mass is 16.4. The predicted octanol–water partition coefficient (Wildman–Crippen LogP) is -2.32. The van der Waals surface area contributed by atoms with Crippen LogP contribution in [0.2, 0.25) is 0 Å². The minimum atomic E-state index is -1.70. The summed E-state index contributed by atoms with van der Waals surface area (Å²) in [5.74, 6) is -5.85. The second-order valence-electron chi connectivity index (χ2n) is 7.44. The van der Waals surface area contributed by atoms with E-state index in [0.717, 1.165) is 0 Å². The van der Waals surface area contributed by atoms with E-state index in [2.05, 4.69) is 16.0 Å². The summed E-state index contributed by atoms with van der Waals surface area (Å²) in [6.07, 6.45) is -2.49. The molecule has 5 unspecified atom stereocenters. The van der Waals surface area contributed by atoms with Gasteiger partial charge in [0.15, 0.2) is 0 Å². The second kappa shape index (κ2) is 12.4. The summed E-state index contributed by atoms with van der Waals surface area (Å²) >= 11 is 0. The van der Waals surface area contributed by atoms with E-state index in [1.807, 2.05) is 0 Å². The van der Waals surface area contributed by atoms with Gasteiger partial charge in [0.05, 0.1) is 18.6 Å². The number of phenolic OH excluding ortho intramolecular Hbond substituents is 1. The first kappa shape index (κ1) is 27.3. The van der Waals surface area contributed by atoms with Crippen LogP contribution < -0.4 is 21.7 Å². The van der Waals surface area contributed by atoms with Crippen LogP contribution in [0.4, 0.5) is 0 Å². The van der Waals surface area contributed by atoms with Crippen LogP contribution in [0.3, 0.4) is 0 Å². The van der Waals surface area contributed by atoms with Gasteiger partial charge in [-0.1, -0.05) is 12.1 Å². The number of hydrogen-bond donors (Lipinski definition) is 8. The first-order valence-corrected chi connectivity index (χ1v) is 9.89. The highest BCUT2D eigenvalue weighted by Crippen LogP contribution is 2.12. The minimum absolute atomic E-state index is 0.0392. The topological polar surface area (TPSA) is 228 Å². The molecule has 0 aliphatic heterocycles. The molecule has 0 saturated carbocycles. The van der Waals surface area contributed by atoms with E-state index >= 15 is 0 Å². The van der Waals surface area contributed by atoms with Gasteiger partial charge in [0, 0.05) is 6.42 Å². The fourth-order valence-corrected chi connectivity index (χ4v) is 2.68. The number of hydrogen-bond acceptors (Lipinski definition) is 8. The molecule has 9 N–H and O–H groups in total. The summed E-state index contributed by atoms with van der Waals surface area (Å²) in [6, 6.07) is -0.171. The molecule has 0 aliphatic carbocycles. The average molecular weight is 468 g/mol. The van der Waals surface area contributed by atoms with Gasteiger partial charge in [-0.15, -0.1) is 0 Å². The van der Waals surface area contributed by atoms with Crippen molar-refractivity contribution < 1.29 is 44.4 Å². The summed E-state index contributed by atoms with van der Waals surface area (Å²) in [4.78, 5) is 59.8. The van der Waals surface area contributed by atoms with Crippen LogP contribution in [-0.4, -0.2) is 80.4 Å². The smallest absolute Gasteiger partial charge is 0.326 e. The van der Waals surface area contributed by atoms with Crippen molar-refractivity contribution in [1.29, 1.82) is 0 Å². The largest absolute Gasteiger partial charge is 0.508 e. The quantitative estimate of drug-likeness (QED) is 0.163. The summed E-state index contributed by atoms with van der Waals surface area (Å²) in [5, 5.41) is 44.2. The Morgan fingerprint density at radius 2 is 1.42 bits per heavy atom. The number of nitrogens with two attached hydrogens (primary N) is 1. The Kier molecular flexibility index (Phi) is 10.2. The number of carboxylic acid groups (broad SMARTS) is 2. The SMILES string of the molecule is CC(N)C(=O)NC(C(=O)NC(CC(=O)O)C(=O)NC(Cc1ccc(O)cc1)C(=O)O)C(C)O. The monoisotopic (exact) mass is 468 g/mol. The Morgan fingerprint density at radius 1 is 0.879 bits per heavy atom. The molecule has 5 atom stereocenters. The van der Waals surface area contributed by atoms with E-state index < -0.39 is 66.4 Å². The van der Waals surface area contributed by atoms with Crippen LogP contribution in [0.15, 0.2) is 24.3 Å². The molecule has 1 aromatic rings. The van der Waals surface area contributed by atoms with E-state index in [4.69, 9.17) is 10.8 Å². The van der Waals surface area contributed by atoms with E-state index in [1.165, 1.54) is 38.1 Å². The molecule has 1 aromatic carbocycles. The van der Waals surface area contributed by atoms with E-state index in [1.54, 1.807) is 0 Å². The third kappa shape index (κ3) is 9.13. The molecule has 33 heavy (non-hydrogen) atoms. The Balaban J connectivity index is 2.99. The third-order valence-corrected chi connectivity index (χ3v) is 4.48. The van der Waals surface area contributed by atoms with Gasteiger partial charge in [0.2, 0.25) is 17.7 Å². The number of benzene rings is 1. The lowest BCUT2D eigenvalue weighted by Crippen LogP contribution is -2.60. The lowest BCUT2D eigenvalue weighted by atomic mass is 10.0. The number of aliphatic carboxylic acids is 2. The molecule has 0 saturated heterocycles. The van der Waals surface area contributed by atoms with Gasteiger partial charge in [0.25, 0.3) is 0 Å². The number of carbonyl (C=O) groups excluding carboxylic acids is 3. The highest BCUT2D eigenvalue weighted by Gasteiger charge is 2.33. The molecule has 0 fully saturated rings. The molecule has 13 heteroatoms. The van der Waals surface area contributed by atoms with Gasteiger partial charge in [-0.25, -0.2) is 4.79 Å². The number of rotatable bonds is 12. The first-order chi connectivity index (χ1) is 15.3. The van der Waals surface area contributed by atoms with Crippen molar-refractivity contribution in [2.75, 3.05) is 0 Å². The maximum absolute atomic E-state index is 12.6. The van der Waals surface area contributed by atoms with Crippen LogP contribution in [0.25, 0.3) is 0 Å². The molecule has 0 heterocycles. The van der Waals surface area contributed by atoms with Crippen molar-refractivity contribution in [3.05, 3.63) is 29.8 Å². The minimum Gasteiger partial charge on any atom is -0.508 e. The average Bonchev–Trinajstić information content (AvgIpc) is 2.71. The number of carbonyl (C=O) groups is 5. The number of amides is 3. The number of nitrogens with one attached hydrogen (secondary N) is 3. The zero-order valence-corrected chi connectivity index (χ0v) is 18.0. The summed E-state index contributed by atoms with van der Waals surface area (Å²) in [5.41, 5.74) is 5.88. The summed E-state index contributed by atoms with van der Waals surface area (Å²) < 4.78 is 0. The lowest BCUT2D eigenvalue weighted by Gasteiger charge is -2.25. The van der Waals surface area contributed by atoms with Gasteiger partial charge in [-0.05, 0) is 31.5 Å². The Labute approximate surface area is 189 Å². The first-order valence-electron chi connectivity index (χ1n) is 9.89. The maximum atomic E-state index is 12.6. The van der Waals surface area contributed by atoms with Crippen molar-refractivity contribution in [1.82, 2.24) is 16.0 Å². The third-order valence-electron chi connectivity index (χ3n) is 4.48. The molecule has 0 bridgehead atoms. The van der Waals surface area contributed by atoms with E-state index in [-0.39, 0.29) is 12.2 Å².